The summed E-state index contributed by atoms with van der Waals surface area (Å²) in [5.41, 5.74) is 2.93. The van der Waals surface area contributed by atoms with Crippen LogP contribution >= 0.6 is 0 Å². The van der Waals surface area contributed by atoms with Crippen LogP contribution in [0.3, 0.4) is 0 Å². The SMILES string of the molecule is CN(C)/C(=N\C#N)N1CC[C@H](C(=O)N2CC[C@H](c3ccccc3)C2)[C@@H](C(=O)NO)C1. The molecule has 1 aromatic carbocycles. The first-order chi connectivity index (χ1) is 14.5. The van der Waals surface area contributed by atoms with Crippen molar-refractivity contribution in [3.05, 3.63) is 35.9 Å². The van der Waals surface area contributed by atoms with E-state index >= 15 is 0 Å². The van der Waals surface area contributed by atoms with Crippen molar-refractivity contribution in [1.82, 2.24) is 20.2 Å². The van der Waals surface area contributed by atoms with Crippen LogP contribution < -0.4 is 5.48 Å². The van der Waals surface area contributed by atoms with Crippen LogP contribution in [0.15, 0.2) is 35.3 Å². The Morgan fingerprint density at radius 2 is 1.83 bits per heavy atom. The number of nitrogens with zero attached hydrogens (tertiary/aromatic N) is 5. The van der Waals surface area contributed by atoms with E-state index in [4.69, 9.17) is 5.26 Å². The van der Waals surface area contributed by atoms with Gasteiger partial charge in [-0.1, -0.05) is 30.3 Å². The Hall–Kier alpha value is -3.12. The van der Waals surface area contributed by atoms with Crippen molar-refractivity contribution < 1.29 is 14.8 Å². The largest absolute Gasteiger partial charge is 0.348 e. The zero-order valence-electron chi connectivity index (χ0n) is 17.4. The summed E-state index contributed by atoms with van der Waals surface area (Å²) >= 11 is 0. The molecule has 2 amide bonds. The van der Waals surface area contributed by atoms with E-state index in [2.05, 4.69) is 17.1 Å². The van der Waals surface area contributed by atoms with E-state index < -0.39 is 17.7 Å². The molecular weight excluding hydrogens is 384 g/mol. The fraction of sp³-hybridized carbons (Fsp3) is 0.524. The minimum absolute atomic E-state index is 0.0506. The van der Waals surface area contributed by atoms with Gasteiger partial charge in [0, 0.05) is 46.2 Å². The summed E-state index contributed by atoms with van der Waals surface area (Å²) in [4.78, 5) is 34.9. The third-order valence-corrected chi connectivity index (χ3v) is 5.98. The Balaban J connectivity index is 1.73. The van der Waals surface area contributed by atoms with Crippen molar-refractivity contribution in [3.63, 3.8) is 0 Å². The molecule has 0 aromatic heterocycles. The van der Waals surface area contributed by atoms with Crippen LogP contribution in [0.2, 0.25) is 0 Å². The van der Waals surface area contributed by atoms with Crippen LogP contribution in [0.4, 0.5) is 0 Å². The number of rotatable bonds is 3. The van der Waals surface area contributed by atoms with Crippen molar-refractivity contribution in [2.45, 2.75) is 18.8 Å². The first kappa shape index (κ1) is 21.6. The maximum Gasteiger partial charge on any atom is 0.249 e. The zero-order valence-corrected chi connectivity index (χ0v) is 17.4. The molecule has 30 heavy (non-hydrogen) atoms. The van der Waals surface area contributed by atoms with Crippen molar-refractivity contribution >= 4 is 17.8 Å². The zero-order chi connectivity index (χ0) is 21.7. The Bertz CT molecular complexity index is 835. The first-order valence-electron chi connectivity index (χ1n) is 10.1. The number of aliphatic imine (C=N–C) groups is 1. The predicted molar refractivity (Wildman–Crippen MR) is 110 cm³/mol. The number of benzene rings is 1. The molecule has 2 fully saturated rings. The number of amides is 2. The highest BCUT2D eigenvalue weighted by Crippen LogP contribution is 2.32. The molecule has 2 saturated heterocycles. The van der Waals surface area contributed by atoms with Crippen LogP contribution in [0.1, 0.15) is 24.3 Å². The standard InChI is InChI=1S/C21H28N6O3/c1-25(2)21(23-14-22)27-11-9-17(18(13-27)19(28)24-30)20(29)26-10-8-16(12-26)15-6-4-3-5-7-15/h3-7,16-18,30H,8-13H2,1-2H3,(H,24,28)/b23-21+/t16-,17-,18-/m0/s1. The van der Waals surface area contributed by atoms with E-state index in [0.717, 1.165) is 6.42 Å². The third-order valence-electron chi connectivity index (χ3n) is 5.98. The molecule has 9 heteroatoms. The summed E-state index contributed by atoms with van der Waals surface area (Å²) in [6, 6.07) is 10.1. The number of hydrogen-bond acceptors (Lipinski definition) is 5. The van der Waals surface area contributed by atoms with Crippen LogP contribution in [0.25, 0.3) is 0 Å². The Morgan fingerprint density at radius 1 is 1.13 bits per heavy atom. The summed E-state index contributed by atoms with van der Waals surface area (Å²) in [5.74, 6) is -1.16. The second-order valence-electron chi connectivity index (χ2n) is 8.01. The van der Waals surface area contributed by atoms with Gasteiger partial charge in [0.1, 0.15) is 0 Å². The van der Waals surface area contributed by atoms with E-state index in [1.54, 1.807) is 30.7 Å². The van der Waals surface area contributed by atoms with Crippen molar-refractivity contribution in [2.75, 3.05) is 40.3 Å². The number of nitrogens with one attached hydrogen (secondary N) is 1. The minimum atomic E-state index is -0.726. The van der Waals surface area contributed by atoms with Crippen molar-refractivity contribution in [1.29, 1.82) is 5.26 Å². The normalized spacial score (nSPS) is 24.3. The molecule has 2 heterocycles. The lowest BCUT2D eigenvalue weighted by molar-refractivity contribution is -0.147. The quantitative estimate of drug-likeness (QED) is 0.250. The van der Waals surface area contributed by atoms with E-state index in [1.165, 1.54) is 5.56 Å². The van der Waals surface area contributed by atoms with Gasteiger partial charge in [-0.2, -0.15) is 5.26 Å². The fourth-order valence-corrected chi connectivity index (χ4v) is 4.47. The maximum atomic E-state index is 13.3. The number of nitriles is 1. The topological polar surface area (TPSA) is 112 Å². The lowest BCUT2D eigenvalue weighted by atomic mass is 9.83. The van der Waals surface area contributed by atoms with Gasteiger partial charge in [-0.15, -0.1) is 4.99 Å². The van der Waals surface area contributed by atoms with Gasteiger partial charge in [-0.05, 0) is 18.4 Å². The smallest absolute Gasteiger partial charge is 0.249 e. The van der Waals surface area contributed by atoms with Crippen LogP contribution in [-0.4, -0.2) is 78.0 Å². The lowest BCUT2D eigenvalue weighted by Gasteiger charge is -2.40. The van der Waals surface area contributed by atoms with Crippen molar-refractivity contribution in [2.24, 2.45) is 16.8 Å². The molecule has 3 rings (SSSR count). The number of likely N-dealkylation sites (tertiary alicyclic amines) is 2. The molecule has 1 aromatic rings. The second kappa shape index (κ2) is 9.59. The van der Waals surface area contributed by atoms with Crippen LogP contribution in [-0.2, 0) is 9.59 Å². The Kier molecular flexibility index (Phi) is 6.90. The van der Waals surface area contributed by atoms with Crippen molar-refractivity contribution in [3.8, 4) is 6.19 Å². The van der Waals surface area contributed by atoms with E-state index in [-0.39, 0.29) is 12.5 Å². The van der Waals surface area contributed by atoms with Gasteiger partial charge >= 0.3 is 0 Å². The van der Waals surface area contributed by atoms with Gasteiger partial charge in [0.05, 0.1) is 11.8 Å². The Labute approximate surface area is 176 Å². The number of hydroxylamine groups is 1. The second-order valence-corrected chi connectivity index (χ2v) is 8.01. The molecule has 0 bridgehead atoms. The highest BCUT2D eigenvalue weighted by Gasteiger charge is 2.42. The molecule has 9 nitrogen and oxygen atoms in total. The maximum absolute atomic E-state index is 13.3. The molecule has 0 unspecified atom stereocenters. The molecule has 160 valence electrons. The first-order valence-corrected chi connectivity index (χ1v) is 10.1. The summed E-state index contributed by atoms with van der Waals surface area (Å²) in [5, 5.41) is 18.2. The summed E-state index contributed by atoms with van der Waals surface area (Å²) in [6.07, 6.45) is 3.12. The number of guanidine groups is 1. The average molecular weight is 412 g/mol. The molecule has 0 radical (unpaired) electrons. The lowest BCUT2D eigenvalue weighted by Crippen LogP contribution is -2.55. The summed E-state index contributed by atoms with van der Waals surface area (Å²) < 4.78 is 0. The number of hydrogen-bond donors (Lipinski definition) is 2. The van der Waals surface area contributed by atoms with E-state index in [0.29, 0.717) is 37.9 Å². The van der Waals surface area contributed by atoms with Gasteiger partial charge in [0.25, 0.3) is 0 Å². The minimum Gasteiger partial charge on any atom is -0.348 e. The molecule has 0 aliphatic carbocycles. The molecular formula is C21H28N6O3. The van der Waals surface area contributed by atoms with Crippen LogP contribution in [0.5, 0.6) is 0 Å². The fourth-order valence-electron chi connectivity index (χ4n) is 4.47. The van der Waals surface area contributed by atoms with E-state index in [9.17, 15) is 14.8 Å². The van der Waals surface area contributed by atoms with Gasteiger partial charge in [-0.25, -0.2) is 5.48 Å². The highest BCUT2D eigenvalue weighted by atomic mass is 16.5. The molecule has 0 spiro atoms. The molecule has 3 atom stereocenters. The average Bonchev–Trinajstić information content (AvgIpc) is 3.27. The predicted octanol–water partition coefficient (Wildman–Crippen LogP) is 0.845. The van der Waals surface area contributed by atoms with Gasteiger partial charge in [0.2, 0.25) is 24.0 Å². The van der Waals surface area contributed by atoms with Gasteiger partial charge < -0.3 is 14.7 Å². The number of carbonyl (C=O) groups excluding carboxylic acids is 2. The molecule has 2 aliphatic heterocycles. The number of piperidine rings is 1. The summed E-state index contributed by atoms with van der Waals surface area (Å²) in [6.45, 7) is 2.00. The van der Waals surface area contributed by atoms with Crippen LogP contribution in [0, 0.1) is 23.3 Å². The number of carbonyl (C=O) groups is 2. The molecule has 0 saturated carbocycles. The van der Waals surface area contributed by atoms with E-state index in [1.807, 2.05) is 28.0 Å². The molecule has 2 aliphatic rings. The monoisotopic (exact) mass is 412 g/mol. The summed E-state index contributed by atoms with van der Waals surface area (Å²) in [7, 11) is 3.53. The van der Waals surface area contributed by atoms with Gasteiger partial charge in [0.15, 0.2) is 0 Å². The highest BCUT2D eigenvalue weighted by molar-refractivity contribution is 5.89. The third kappa shape index (κ3) is 4.54. The molecule has 2 N–H and O–H groups in total. The Morgan fingerprint density at radius 3 is 2.47 bits per heavy atom. The van der Waals surface area contributed by atoms with Gasteiger partial charge in [-0.3, -0.25) is 14.8 Å².